The van der Waals surface area contributed by atoms with E-state index in [1.165, 1.54) is 6.42 Å². The van der Waals surface area contributed by atoms with Crippen molar-refractivity contribution in [2.75, 3.05) is 31.9 Å². The molecule has 110 valence electrons. The first-order chi connectivity index (χ1) is 9.56. The zero-order valence-electron chi connectivity index (χ0n) is 11.5. The van der Waals surface area contributed by atoms with Crippen LogP contribution in [0.15, 0.2) is 24.3 Å². The highest BCUT2D eigenvalue weighted by molar-refractivity contribution is 7.88. The minimum Gasteiger partial charge on any atom is -0.398 e. The maximum absolute atomic E-state index is 12.5. The van der Waals surface area contributed by atoms with E-state index in [9.17, 15) is 8.42 Å². The molecule has 2 fully saturated rings. The fourth-order valence-electron chi connectivity index (χ4n) is 3.17. The number of hydrogen-bond donors (Lipinski definition) is 1. The normalized spacial score (nSPS) is 24.7. The molecule has 1 aromatic rings. The van der Waals surface area contributed by atoms with Crippen LogP contribution in [0.4, 0.5) is 5.69 Å². The van der Waals surface area contributed by atoms with Crippen LogP contribution < -0.4 is 5.73 Å². The molecule has 2 saturated heterocycles. The van der Waals surface area contributed by atoms with E-state index in [1.807, 2.05) is 12.1 Å². The standard InChI is InChI=1S/C14H21N3O2S/c15-14-6-2-1-4-12(14)11-20(18,19)17-9-8-16-7-3-5-13(16)10-17/h1-2,4,6,13H,3,5,7-11,15H2. The largest absolute Gasteiger partial charge is 0.398 e. The highest BCUT2D eigenvalue weighted by atomic mass is 32.2. The maximum Gasteiger partial charge on any atom is 0.218 e. The van der Waals surface area contributed by atoms with Crippen molar-refractivity contribution in [1.29, 1.82) is 0 Å². The molecule has 6 heteroatoms. The van der Waals surface area contributed by atoms with Crippen LogP contribution in [-0.2, 0) is 15.8 Å². The summed E-state index contributed by atoms with van der Waals surface area (Å²) in [6.07, 6.45) is 2.30. The Hall–Kier alpha value is -1.11. The lowest BCUT2D eigenvalue weighted by molar-refractivity contribution is 0.158. The monoisotopic (exact) mass is 295 g/mol. The molecule has 5 nitrogen and oxygen atoms in total. The third-order valence-corrected chi connectivity index (χ3v) is 6.13. The molecule has 3 rings (SSSR count). The number of anilines is 1. The van der Waals surface area contributed by atoms with E-state index >= 15 is 0 Å². The Morgan fingerprint density at radius 3 is 2.80 bits per heavy atom. The molecule has 2 aliphatic heterocycles. The number of rotatable bonds is 3. The lowest BCUT2D eigenvalue weighted by Gasteiger charge is -2.36. The summed E-state index contributed by atoms with van der Waals surface area (Å²) >= 11 is 0. The SMILES string of the molecule is Nc1ccccc1CS(=O)(=O)N1CCN2CCCC2C1. The van der Waals surface area contributed by atoms with Crippen molar-refractivity contribution in [1.82, 2.24) is 9.21 Å². The van der Waals surface area contributed by atoms with Gasteiger partial charge in [-0.3, -0.25) is 4.90 Å². The predicted octanol–water partition coefficient (Wildman–Crippen LogP) is 0.879. The number of nitrogens with two attached hydrogens (primary N) is 1. The summed E-state index contributed by atoms with van der Waals surface area (Å²) in [4.78, 5) is 2.41. The van der Waals surface area contributed by atoms with Gasteiger partial charge >= 0.3 is 0 Å². The van der Waals surface area contributed by atoms with Gasteiger partial charge in [0.2, 0.25) is 10.0 Å². The van der Waals surface area contributed by atoms with Crippen LogP contribution in [0.3, 0.4) is 0 Å². The topological polar surface area (TPSA) is 66.6 Å². The van der Waals surface area contributed by atoms with E-state index in [4.69, 9.17) is 5.73 Å². The Labute approximate surface area is 120 Å². The molecule has 20 heavy (non-hydrogen) atoms. The lowest BCUT2D eigenvalue weighted by Crippen LogP contribution is -2.52. The van der Waals surface area contributed by atoms with Gasteiger partial charge in [0, 0.05) is 31.4 Å². The van der Waals surface area contributed by atoms with E-state index < -0.39 is 10.0 Å². The fraction of sp³-hybridized carbons (Fsp3) is 0.571. The van der Waals surface area contributed by atoms with Crippen LogP contribution >= 0.6 is 0 Å². The Morgan fingerprint density at radius 1 is 1.20 bits per heavy atom. The van der Waals surface area contributed by atoms with Crippen LogP contribution in [0.2, 0.25) is 0 Å². The van der Waals surface area contributed by atoms with Crippen LogP contribution in [-0.4, -0.2) is 49.8 Å². The number of nitrogens with zero attached hydrogens (tertiary/aromatic N) is 2. The van der Waals surface area contributed by atoms with Gasteiger partial charge in [-0.25, -0.2) is 8.42 Å². The molecule has 2 aliphatic rings. The summed E-state index contributed by atoms with van der Waals surface area (Å²) in [5, 5.41) is 0. The van der Waals surface area contributed by atoms with Gasteiger partial charge in [0.25, 0.3) is 0 Å². The maximum atomic E-state index is 12.5. The summed E-state index contributed by atoms with van der Waals surface area (Å²) in [6, 6.07) is 7.60. The van der Waals surface area contributed by atoms with E-state index in [0.717, 1.165) is 19.5 Å². The van der Waals surface area contributed by atoms with Crippen LogP contribution in [0, 0.1) is 0 Å². The molecule has 0 amide bonds. The smallest absolute Gasteiger partial charge is 0.218 e. The molecule has 2 heterocycles. The van der Waals surface area contributed by atoms with Gasteiger partial charge in [0.05, 0.1) is 5.75 Å². The quantitative estimate of drug-likeness (QED) is 0.841. The fourth-order valence-corrected chi connectivity index (χ4v) is 4.77. The lowest BCUT2D eigenvalue weighted by atomic mass is 10.2. The molecule has 0 saturated carbocycles. The van der Waals surface area contributed by atoms with Crippen LogP contribution in [0.1, 0.15) is 18.4 Å². The minimum atomic E-state index is -3.27. The summed E-state index contributed by atoms with van der Waals surface area (Å²) in [6.45, 7) is 3.21. The van der Waals surface area contributed by atoms with Crippen molar-refractivity contribution < 1.29 is 8.42 Å². The number of benzene rings is 1. The number of para-hydroxylation sites is 1. The first-order valence-corrected chi connectivity index (χ1v) is 8.72. The minimum absolute atomic E-state index is 0.00634. The molecule has 0 aliphatic carbocycles. The van der Waals surface area contributed by atoms with Gasteiger partial charge in [0.1, 0.15) is 0 Å². The number of piperazine rings is 1. The number of nitrogen functional groups attached to an aromatic ring is 1. The van der Waals surface area contributed by atoms with E-state index in [0.29, 0.717) is 30.4 Å². The molecule has 1 atom stereocenters. The Kier molecular flexibility index (Phi) is 3.70. The van der Waals surface area contributed by atoms with Crippen molar-refractivity contribution in [3.8, 4) is 0 Å². The average Bonchev–Trinajstić information content (AvgIpc) is 2.88. The molecule has 0 bridgehead atoms. The predicted molar refractivity (Wildman–Crippen MR) is 79.6 cm³/mol. The van der Waals surface area contributed by atoms with Crippen molar-refractivity contribution in [2.45, 2.75) is 24.6 Å². The van der Waals surface area contributed by atoms with E-state index in [1.54, 1.807) is 16.4 Å². The van der Waals surface area contributed by atoms with Gasteiger partial charge in [-0.15, -0.1) is 0 Å². The Morgan fingerprint density at radius 2 is 2.00 bits per heavy atom. The number of hydrogen-bond acceptors (Lipinski definition) is 4. The van der Waals surface area contributed by atoms with Gasteiger partial charge in [-0.05, 0) is 31.0 Å². The molecule has 0 spiro atoms. The number of sulfonamides is 1. The molecule has 0 aromatic heterocycles. The third-order valence-electron chi connectivity index (χ3n) is 4.34. The van der Waals surface area contributed by atoms with Gasteiger partial charge in [-0.2, -0.15) is 4.31 Å². The second-order valence-electron chi connectivity index (χ2n) is 5.65. The van der Waals surface area contributed by atoms with Crippen molar-refractivity contribution in [3.63, 3.8) is 0 Å². The molecule has 2 N–H and O–H groups in total. The van der Waals surface area contributed by atoms with Crippen molar-refractivity contribution in [3.05, 3.63) is 29.8 Å². The molecule has 0 radical (unpaired) electrons. The van der Waals surface area contributed by atoms with Crippen molar-refractivity contribution >= 4 is 15.7 Å². The Bertz CT molecular complexity index is 588. The van der Waals surface area contributed by atoms with Crippen LogP contribution in [0.5, 0.6) is 0 Å². The second-order valence-corrected chi connectivity index (χ2v) is 7.61. The highest BCUT2D eigenvalue weighted by Crippen LogP contribution is 2.25. The number of fused-ring (bicyclic) bond motifs is 1. The van der Waals surface area contributed by atoms with Crippen LogP contribution in [0.25, 0.3) is 0 Å². The summed E-state index contributed by atoms with van der Waals surface area (Å²) < 4.78 is 26.7. The molecular formula is C14H21N3O2S. The zero-order chi connectivity index (χ0) is 14.2. The third kappa shape index (κ3) is 2.68. The summed E-state index contributed by atoms with van der Waals surface area (Å²) in [5.74, 6) is 0.00634. The summed E-state index contributed by atoms with van der Waals surface area (Å²) in [7, 11) is -3.27. The Balaban J connectivity index is 1.74. The first kappa shape index (κ1) is 13.9. The highest BCUT2D eigenvalue weighted by Gasteiger charge is 2.35. The zero-order valence-corrected chi connectivity index (χ0v) is 12.3. The second kappa shape index (κ2) is 5.35. The molecular weight excluding hydrogens is 274 g/mol. The molecule has 1 aromatic carbocycles. The molecule has 1 unspecified atom stereocenters. The van der Waals surface area contributed by atoms with Gasteiger partial charge in [-0.1, -0.05) is 18.2 Å². The van der Waals surface area contributed by atoms with Crippen molar-refractivity contribution in [2.24, 2.45) is 0 Å². The summed E-state index contributed by atoms with van der Waals surface area (Å²) in [5.41, 5.74) is 7.10. The van der Waals surface area contributed by atoms with Gasteiger partial charge in [0.15, 0.2) is 0 Å². The van der Waals surface area contributed by atoms with E-state index in [-0.39, 0.29) is 5.75 Å². The first-order valence-electron chi connectivity index (χ1n) is 7.11. The average molecular weight is 295 g/mol. The van der Waals surface area contributed by atoms with E-state index in [2.05, 4.69) is 4.90 Å². The van der Waals surface area contributed by atoms with Gasteiger partial charge < -0.3 is 5.73 Å².